The Balaban J connectivity index is 1.85. The number of furan rings is 1. The molecule has 180 valence electrons. The van der Waals surface area contributed by atoms with Crippen LogP contribution in [0.25, 0.3) is 5.76 Å². The van der Waals surface area contributed by atoms with Gasteiger partial charge in [0.1, 0.15) is 11.5 Å². The number of ketones is 1. The van der Waals surface area contributed by atoms with Gasteiger partial charge in [-0.2, -0.15) is 0 Å². The number of rotatable bonds is 7. The maximum absolute atomic E-state index is 13.2. The number of aliphatic hydroxyl groups excluding tert-OH is 1. The van der Waals surface area contributed by atoms with Crippen molar-refractivity contribution in [2.24, 2.45) is 0 Å². The SMILES string of the molecule is COC(=O)c1ccc(C2/C(=C(/O)c3ccc(OC)c(OC)c3)C(=O)C(=O)N2Cc2ccco2)cc1. The lowest BCUT2D eigenvalue weighted by Crippen LogP contribution is -2.29. The molecule has 1 atom stereocenters. The topological polar surface area (TPSA) is 116 Å². The Labute approximate surface area is 201 Å². The molecule has 1 aliphatic rings. The highest BCUT2D eigenvalue weighted by Crippen LogP contribution is 2.41. The van der Waals surface area contributed by atoms with E-state index in [2.05, 4.69) is 0 Å². The van der Waals surface area contributed by atoms with E-state index in [1.165, 1.54) is 50.7 Å². The second-order valence-corrected chi connectivity index (χ2v) is 7.69. The van der Waals surface area contributed by atoms with Crippen molar-refractivity contribution >= 4 is 23.4 Å². The van der Waals surface area contributed by atoms with Gasteiger partial charge < -0.3 is 28.6 Å². The molecular formula is C26H23NO8. The molecule has 0 aliphatic carbocycles. The largest absolute Gasteiger partial charge is 0.507 e. The molecule has 0 spiro atoms. The summed E-state index contributed by atoms with van der Waals surface area (Å²) >= 11 is 0. The number of nitrogens with zero attached hydrogens (tertiary/aromatic N) is 1. The minimum atomic E-state index is -0.931. The Hall–Kier alpha value is -4.53. The lowest BCUT2D eigenvalue weighted by molar-refractivity contribution is -0.140. The fourth-order valence-electron chi connectivity index (χ4n) is 4.02. The van der Waals surface area contributed by atoms with Crippen molar-refractivity contribution in [3.63, 3.8) is 0 Å². The summed E-state index contributed by atoms with van der Waals surface area (Å²) in [6.07, 6.45) is 1.47. The van der Waals surface area contributed by atoms with Crippen molar-refractivity contribution in [3.8, 4) is 11.5 Å². The summed E-state index contributed by atoms with van der Waals surface area (Å²) in [5.41, 5.74) is 0.999. The minimum Gasteiger partial charge on any atom is -0.507 e. The molecule has 1 aromatic heterocycles. The van der Waals surface area contributed by atoms with Gasteiger partial charge in [0.2, 0.25) is 0 Å². The monoisotopic (exact) mass is 477 g/mol. The molecule has 2 heterocycles. The Morgan fingerprint density at radius 3 is 2.26 bits per heavy atom. The van der Waals surface area contributed by atoms with Gasteiger partial charge >= 0.3 is 5.97 Å². The molecule has 1 unspecified atom stereocenters. The molecule has 1 aliphatic heterocycles. The molecule has 1 saturated heterocycles. The summed E-state index contributed by atoms with van der Waals surface area (Å²) < 4.78 is 20.7. The molecule has 3 aromatic rings. The number of ether oxygens (including phenoxy) is 3. The molecule has 1 fully saturated rings. The first kappa shape index (κ1) is 23.6. The van der Waals surface area contributed by atoms with Crippen LogP contribution in [0.15, 0.2) is 70.9 Å². The Bertz CT molecular complexity index is 1290. The lowest BCUT2D eigenvalue weighted by Gasteiger charge is -2.24. The number of aliphatic hydroxyl groups is 1. The van der Waals surface area contributed by atoms with E-state index < -0.39 is 23.7 Å². The van der Waals surface area contributed by atoms with Crippen molar-refractivity contribution in [2.45, 2.75) is 12.6 Å². The number of hydrogen-bond donors (Lipinski definition) is 1. The van der Waals surface area contributed by atoms with Crippen molar-refractivity contribution in [3.05, 3.63) is 88.9 Å². The van der Waals surface area contributed by atoms with Gasteiger partial charge in [0, 0.05) is 5.56 Å². The fraction of sp³-hybridized carbons (Fsp3) is 0.192. The summed E-state index contributed by atoms with van der Waals surface area (Å²) in [6.45, 7) is 0.00368. The van der Waals surface area contributed by atoms with E-state index >= 15 is 0 Å². The summed E-state index contributed by atoms with van der Waals surface area (Å²) in [6, 6.07) is 13.4. The number of hydrogen-bond acceptors (Lipinski definition) is 8. The van der Waals surface area contributed by atoms with E-state index in [9.17, 15) is 19.5 Å². The number of methoxy groups -OCH3 is 3. The van der Waals surface area contributed by atoms with Crippen LogP contribution in [-0.2, 0) is 20.9 Å². The van der Waals surface area contributed by atoms with Gasteiger partial charge in [0.25, 0.3) is 11.7 Å². The lowest BCUT2D eigenvalue weighted by atomic mass is 9.94. The molecule has 1 N–H and O–H groups in total. The number of amides is 1. The van der Waals surface area contributed by atoms with Gasteiger partial charge in [-0.3, -0.25) is 9.59 Å². The molecular weight excluding hydrogens is 454 g/mol. The van der Waals surface area contributed by atoms with Gasteiger partial charge in [-0.05, 0) is 48.0 Å². The van der Waals surface area contributed by atoms with Gasteiger partial charge in [-0.15, -0.1) is 0 Å². The normalized spacial score (nSPS) is 16.9. The van der Waals surface area contributed by atoms with E-state index in [4.69, 9.17) is 18.6 Å². The summed E-state index contributed by atoms with van der Waals surface area (Å²) in [4.78, 5) is 39.4. The van der Waals surface area contributed by atoms with Crippen molar-refractivity contribution < 1.29 is 38.1 Å². The first-order chi connectivity index (χ1) is 16.9. The summed E-state index contributed by atoms with van der Waals surface area (Å²) in [5, 5.41) is 11.2. The van der Waals surface area contributed by atoms with Crippen molar-refractivity contribution in [1.29, 1.82) is 0 Å². The maximum Gasteiger partial charge on any atom is 0.337 e. The predicted octanol–water partition coefficient (Wildman–Crippen LogP) is 3.71. The highest BCUT2D eigenvalue weighted by molar-refractivity contribution is 6.46. The zero-order valence-electron chi connectivity index (χ0n) is 19.3. The molecule has 4 rings (SSSR count). The van der Waals surface area contributed by atoms with Crippen molar-refractivity contribution in [2.75, 3.05) is 21.3 Å². The van der Waals surface area contributed by atoms with E-state index in [1.54, 1.807) is 36.4 Å². The molecule has 9 nitrogen and oxygen atoms in total. The number of carbonyl (C=O) groups excluding carboxylic acids is 3. The van der Waals surface area contributed by atoms with Crippen LogP contribution in [0.5, 0.6) is 11.5 Å². The van der Waals surface area contributed by atoms with Crippen LogP contribution in [0.1, 0.15) is 33.3 Å². The summed E-state index contributed by atoms with van der Waals surface area (Å²) in [7, 11) is 4.21. The number of benzene rings is 2. The molecule has 2 aromatic carbocycles. The average molecular weight is 477 g/mol. The van der Waals surface area contributed by atoms with Crippen LogP contribution in [0.3, 0.4) is 0 Å². The number of likely N-dealkylation sites (tertiary alicyclic amines) is 1. The highest BCUT2D eigenvalue weighted by atomic mass is 16.5. The fourth-order valence-corrected chi connectivity index (χ4v) is 4.02. The average Bonchev–Trinajstić information content (AvgIpc) is 3.49. The number of esters is 1. The quantitative estimate of drug-likeness (QED) is 0.237. The molecule has 9 heteroatoms. The zero-order valence-corrected chi connectivity index (χ0v) is 19.3. The highest BCUT2D eigenvalue weighted by Gasteiger charge is 2.46. The smallest absolute Gasteiger partial charge is 0.337 e. The van der Waals surface area contributed by atoms with Crippen LogP contribution in [0.2, 0.25) is 0 Å². The van der Waals surface area contributed by atoms with Crippen LogP contribution < -0.4 is 9.47 Å². The Kier molecular flexibility index (Phi) is 6.59. The third-order valence-electron chi connectivity index (χ3n) is 5.75. The van der Waals surface area contributed by atoms with Crippen LogP contribution in [0, 0.1) is 0 Å². The standard InChI is InChI=1S/C26H23NO8/c1-32-19-11-10-17(13-20(19)33-2)23(28)21-22(15-6-8-16(9-7-15)26(31)34-3)27(25(30)24(21)29)14-18-5-4-12-35-18/h4-13,22,28H,14H2,1-3H3/b23-21-. The first-order valence-corrected chi connectivity index (χ1v) is 10.6. The Morgan fingerprint density at radius 1 is 0.971 bits per heavy atom. The number of carbonyl (C=O) groups is 3. The van der Waals surface area contributed by atoms with Crippen LogP contribution in [0.4, 0.5) is 0 Å². The third kappa shape index (κ3) is 4.35. The van der Waals surface area contributed by atoms with Crippen molar-refractivity contribution in [1.82, 2.24) is 4.90 Å². The van der Waals surface area contributed by atoms with E-state index in [0.29, 0.717) is 28.4 Å². The number of Topliss-reactive ketones (excluding diaryl/α,β-unsaturated/α-hetero) is 1. The summed E-state index contributed by atoms with van der Waals surface area (Å²) in [5.74, 6) is -1.26. The second kappa shape index (κ2) is 9.76. The maximum atomic E-state index is 13.2. The van der Waals surface area contributed by atoms with Gasteiger partial charge in [0.15, 0.2) is 11.5 Å². The van der Waals surface area contributed by atoms with Crippen LogP contribution >= 0.6 is 0 Å². The van der Waals surface area contributed by atoms with E-state index in [-0.39, 0.29) is 23.4 Å². The van der Waals surface area contributed by atoms with Gasteiger partial charge in [0.05, 0.1) is 51.3 Å². The molecule has 0 bridgehead atoms. The van der Waals surface area contributed by atoms with Gasteiger partial charge in [-0.25, -0.2) is 4.79 Å². The minimum absolute atomic E-state index is 0.00368. The van der Waals surface area contributed by atoms with Crippen LogP contribution in [-0.4, -0.2) is 49.0 Å². The molecule has 0 radical (unpaired) electrons. The van der Waals surface area contributed by atoms with Gasteiger partial charge in [-0.1, -0.05) is 12.1 Å². The third-order valence-corrected chi connectivity index (χ3v) is 5.75. The Morgan fingerprint density at radius 2 is 1.66 bits per heavy atom. The molecule has 0 saturated carbocycles. The molecule has 1 amide bonds. The first-order valence-electron chi connectivity index (χ1n) is 10.6. The molecule has 35 heavy (non-hydrogen) atoms. The second-order valence-electron chi connectivity index (χ2n) is 7.69. The van der Waals surface area contributed by atoms with E-state index in [0.717, 1.165) is 0 Å². The van der Waals surface area contributed by atoms with E-state index in [1.807, 2.05) is 0 Å². The zero-order chi connectivity index (χ0) is 25.1. The predicted molar refractivity (Wildman–Crippen MR) is 124 cm³/mol.